The number of benzene rings is 1. The number of nitrogens with zero attached hydrogens (tertiary/aromatic N) is 3. The summed E-state index contributed by atoms with van der Waals surface area (Å²) in [5.74, 6) is -0.0993. The second-order valence-corrected chi connectivity index (χ2v) is 6.22. The van der Waals surface area contributed by atoms with Gasteiger partial charge in [0.1, 0.15) is 5.82 Å². The maximum absolute atomic E-state index is 13.1. The number of alkyl halides is 3. The number of carbonyl (C=O) groups excluding carboxylic acids is 1. The van der Waals surface area contributed by atoms with E-state index in [9.17, 15) is 18.0 Å². The fourth-order valence-electron chi connectivity index (χ4n) is 2.73. The predicted octanol–water partition coefficient (Wildman–Crippen LogP) is 4.11. The fourth-order valence-corrected chi connectivity index (χ4v) is 2.85. The molecular weight excluding hydrogens is 369 g/mol. The van der Waals surface area contributed by atoms with Crippen LogP contribution in [0.1, 0.15) is 5.56 Å². The SMILES string of the molecule is O=C(Nc1ccc(Cl)cc1)N1CCN(c2ncccc2C(F)(F)F)CC1. The van der Waals surface area contributed by atoms with Gasteiger partial charge in [-0.3, -0.25) is 0 Å². The van der Waals surface area contributed by atoms with Gasteiger partial charge >= 0.3 is 12.2 Å². The van der Waals surface area contributed by atoms with Gasteiger partial charge in [0.2, 0.25) is 0 Å². The number of carbonyl (C=O) groups is 1. The van der Waals surface area contributed by atoms with E-state index in [1.807, 2.05) is 0 Å². The van der Waals surface area contributed by atoms with Gasteiger partial charge in [0.25, 0.3) is 0 Å². The number of aromatic nitrogens is 1. The molecule has 3 rings (SSSR count). The molecule has 0 spiro atoms. The largest absolute Gasteiger partial charge is 0.419 e. The van der Waals surface area contributed by atoms with Crippen LogP contribution in [0.5, 0.6) is 0 Å². The number of hydrogen-bond donors (Lipinski definition) is 1. The molecule has 2 amide bonds. The second-order valence-electron chi connectivity index (χ2n) is 5.78. The Bertz CT molecular complexity index is 774. The minimum atomic E-state index is -4.47. The van der Waals surface area contributed by atoms with Gasteiger partial charge in [0, 0.05) is 43.1 Å². The number of amides is 2. The predicted molar refractivity (Wildman–Crippen MR) is 93.5 cm³/mol. The highest BCUT2D eigenvalue weighted by Gasteiger charge is 2.36. The van der Waals surface area contributed by atoms with Crippen molar-refractivity contribution < 1.29 is 18.0 Å². The molecule has 0 radical (unpaired) electrons. The van der Waals surface area contributed by atoms with Crippen molar-refractivity contribution in [2.45, 2.75) is 6.18 Å². The zero-order chi connectivity index (χ0) is 18.7. The van der Waals surface area contributed by atoms with E-state index in [2.05, 4.69) is 10.3 Å². The molecular formula is C17H16ClF3N4O. The molecule has 1 saturated heterocycles. The maximum atomic E-state index is 13.1. The lowest BCUT2D eigenvalue weighted by Crippen LogP contribution is -2.50. The van der Waals surface area contributed by atoms with Crippen molar-refractivity contribution in [2.24, 2.45) is 0 Å². The molecule has 26 heavy (non-hydrogen) atoms. The van der Waals surface area contributed by atoms with Crippen molar-refractivity contribution in [2.75, 3.05) is 36.4 Å². The molecule has 2 aromatic rings. The monoisotopic (exact) mass is 384 g/mol. The third kappa shape index (κ3) is 4.19. The van der Waals surface area contributed by atoms with Crippen LogP contribution in [0, 0.1) is 0 Å². The summed E-state index contributed by atoms with van der Waals surface area (Å²) in [6, 6.07) is 8.66. The highest BCUT2D eigenvalue weighted by molar-refractivity contribution is 6.30. The van der Waals surface area contributed by atoms with Crippen molar-refractivity contribution in [1.82, 2.24) is 9.88 Å². The second kappa shape index (κ2) is 7.41. The molecule has 9 heteroatoms. The van der Waals surface area contributed by atoms with Gasteiger partial charge in [0.05, 0.1) is 5.56 Å². The highest BCUT2D eigenvalue weighted by Crippen LogP contribution is 2.35. The molecule has 0 atom stereocenters. The lowest BCUT2D eigenvalue weighted by Gasteiger charge is -2.36. The molecule has 5 nitrogen and oxygen atoms in total. The van der Waals surface area contributed by atoms with Crippen LogP contribution < -0.4 is 10.2 Å². The molecule has 1 aliphatic heterocycles. The van der Waals surface area contributed by atoms with Gasteiger partial charge in [-0.1, -0.05) is 11.6 Å². The molecule has 1 aromatic carbocycles. The van der Waals surface area contributed by atoms with Crippen molar-refractivity contribution in [1.29, 1.82) is 0 Å². The summed E-state index contributed by atoms with van der Waals surface area (Å²) in [6.07, 6.45) is -3.13. The van der Waals surface area contributed by atoms with Crippen molar-refractivity contribution in [3.8, 4) is 0 Å². The molecule has 2 heterocycles. The van der Waals surface area contributed by atoms with Crippen LogP contribution in [0.4, 0.5) is 29.5 Å². The summed E-state index contributed by atoms with van der Waals surface area (Å²) in [6.45, 7) is 1.14. The van der Waals surface area contributed by atoms with Gasteiger partial charge in [-0.05, 0) is 36.4 Å². The summed E-state index contributed by atoms with van der Waals surface area (Å²) < 4.78 is 39.4. The average Bonchev–Trinajstić information content (AvgIpc) is 2.63. The Kier molecular flexibility index (Phi) is 5.22. The molecule has 1 N–H and O–H groups in total. The molecule has 0 aliphatic carbocycles. The molecule has 0 unspecified atom stereocenters. The molecule has 1 aromatic heterocycles. The van der Waals surface area contributed by atoms with E-state index >= 15 is 0 Å². The number of piperazine rings is 1. The topological polar surface area (TPSA) is 48.5 Å². The molecule has 0 saturated carbocycles. The minimum Gasteiger partial charge on any atom is -0.353 e. The third-order valence-corrected chi connectivity index (χ3v) is 4.31. The molecule has 1 fully saturated rings. The number of hydrogen-bond acceptors (Lipinski definition) is 3. The van der Waals surface area contributed by atoms with Crippen LogP contribution in [0.2, 0.25) is 5.02 Å². The van der Waals surface area contributed by atoms with Crippen molar-refractivity contribution >= 4 is 29.1 Å². The first-order valence-corrected chi connectivity index (χ1v) is 8.31. The number of nitrogens with one attached hydrogen (secondary N) is 1. The molecule has 1 aliphatic rings. The van der Waals surface area contributed by atoms with Crippen molar-refractivity contribution in [3.63, 3.8) is 0 Å². The van der Waals surface area contributed by atoms with Gasteiger partial charge in [-0.15, -0.1) is 0 Å². The number of urea groups is 1. The first-order chi connectivity index (χ1) is 12.3. The van der Waals surface area contributed by atoms with E-state index in [1.54, 1.807) is 34.1 Å². The van der Waals surface area contributed by atoms with Crippen LogP contribution >= 0.6 is 11.6 Å². The zero-order valence-electron chi connectivity index (χ0n) is 13.6. The van der Waals surface area contributed by atoms with Gasteiger partial charge in [-0.25, -0.2) is 9.78 Å². The lowest BCUT2D eigenvalue weighted by atomic mass is 10.2. The number of pyridine rings is 1. The Labute approximate surface area is 153 Å². The van der Waals surface area contributed by atoms with E-state index in [0.29, 0.717) is 23.8 Å². The van der Waals surface area contributed by atoms with Crippen LogP contribution in [-0.2, 0) is 6.18 Å². The van der Waals surface area contributed by atoms with Gasteiger partial charge < -0.3 is 15.1 Å². The summed E-state index contributed by atoms with van der Waals surface area (Å²) in [5.41, 5.74) is -0.162. The Morgan fingerprint density at radius 2 is 1.73 bits per heavy atom. The number of rotatable bonds is 2. The summed E-state index contributed by atoms with van der Waals surface area (Å²) in [7, 11) is 0. The van der Waals surface area contributed by atoms with E-state index in [0.717, 1.165) is 6.07 Å². The fraction of sp³-hybridized carbons (Fsp3) is 0.294. The van der Waals surface area contributed by atoms with Crippen LogP contribution in [0.15, 0.2) is 42.6 Å². The highest BCUT2D eigenvalue weighted by atomic mass is 35.5. The van der Waals surface area contributed by atoms with Crippen LogP contribution in [-0.4, -0.2) is 42.1 Å². The van der Waals surface area contributed by atoms with Crippen LogP contribution in [0.25, 0.3) is 0 Å². The molecule has 0 bridgehead atoms. The summed E-state index contributed by atoms with van der Waals surface area (Å²) >= 11 is 5.80. The molecule has 138 valence electrons. The lowest BCUT2D eigenvalue weighted by molar-refractivity contribution is -0.137. The quantitative estimate of drug-likeness (QED) is 0.847. The third-order valence-electron chi connectivity index (χ3n) is 4.05. The van der Waals surface area contributed by atoms with Crippen molar-refractivity contribution in [3.05, 3.63) is 53.2 Å². The normalized spacial score (nSPS) is 15.1. The number of anilines is 2. The Morgan fingerprint density at radius 1 is 1.08 bits per heavy atom. The van der Waals surface area contributed by atoms with Gasteiger partial charge in [0.15, 0.2) is 0 Å². The first-order valence-electron chi connectivity index (χ1n) is 7.93. The van der Waals surface area contributed by atoms with Gasteiger partial charge in [-0.2, -0.15) is 13.2 Å². The maximum Gasteiger partial charge on any atom is 0.419 e. The van der Waals surface area contributed by atoms with Crippen LogP contribution in [0.3, 0.4) is 0 Å². The van der Waals surface area contributed by atoms with E-state index in [4.69, 9.17) is 11.6 Å². The van der Waals surface area contributed by atoms with E-state index in [-0.39, 0.29) is 24.9 Å². The standard InChI is InChI=1S/C17H16ClF3N4O/c18-12-3-5-13(6-4-12)23-16(26)25-10-8-24(9-11-25)15-14(17(19,20)21)2-1-7-22-15/h1-7H,8-11H2,(H,23,26). The Hall–Kier alpha value is -2.48. The average molecular weight is 385 g/mol. The summed E-state index contributed by atoms with van der Waals surface area (Å²) in [5, 5.41) is 3.31. The first kappa shape index (κ1) is 18.3. The van der Waals surface area contributed by atoms with E-state index in [1.165, 1.54) is 12.3 Å². The smallest absolute Gasteiger partial charge is 0.353 e. The number of halogens is 4. The Morgan fingerprint density at radius 3 is 2.35 bits per heavy atom. The zero-order valence-corrected chi connectivity index (χ0v) is 14.4. The van der Waals surface area contributed by atoms with E-state index < -0.39 is 11.7 Å². The Balaban J connectivity index is 1.63. The minimum absolute atomic E-state index is 0.0993. The summed E-state index contributed by atoms with van der Waals surface area (Å²) in [4.78, 5) is 19.3.